The third-order valence-corrected chi connectivity index (χ3v) is 5.63. The lowest BCUT2D eigenvalue weighted by molar-refractivity contribution is -0.115. The molecular weight excluding hydrogens is 360 g/mol. The zero-order valence-corrected chi connectivity index (χ0v) is 16.1. The van der Waals surface area contributed by atoms with Gasteiger partial charge in [0.15, 0.2) is 5.13 Å². The third-order valence-electron chi connectivity index (χ3n) is 4.70. The number of aromatic nitrogens is 2. The molecule has 4 rings (SSSR count). The van der Waals surface area contributed by atoms with Crippen LogP contribution in [0.1, 0.15) is 24.8 Å². The van der Waals surface area contributed by atoms with Gasteiger partial charge in [-0.25, -0.2) is 9.97 Å². The van der Waals surface area contributed by atoms with E-state index in [4.69, 9.17) is 4.74 Å². The average Bonchev–Trinajstić information content (AvgIpc) is 3.10. The zero-order chi connectivity index (χ0) is 18.6. The summed E-state index contributed by atoms with van der Waals surface area (Å²) in [5, 5.41) is 3.48. The highest BCUT2D eigenvalue weighted by Gasteiger charge is 2.13. The molecule has 2 aromatic heterocycles. The molecule has 140 valence electrons. The van der Waals surface area contributed by atoms with Gasteiger partial charge in [0.1, 0.15) is 11.6 Å². The number of ether oxygens (including phenoxy) is 1. The minimum absolute atomic E-state index is 0.0893. The SMILES string of the molecule is COc1ccc2nc(NC(=O)Cc3ccc(N4CCCCC4)nc3)sc2c1. The normalized spacial score (nSPS) is 14.3. The Morgan fingerprint density at radius 2 is 2.07 bits per heavy atom. The van der Waals surface area contributed by atoms with Gasteiger partial charge in [0.2, 0.25) is 5.91 Å². The molecule has 1 N–H and O–H groups in total. The molecule has 3 aromatic rings. The molecular formula is C20H22N4O2S. The number of hydrogen-bond donors (Lipinski definition) is 1. The first-order valence-electron chi connectivity index (χ1n) is 9.15. The highest BCUT2D eigenvalue weighted by molar-refractivity contribution is 7.22. The molecule has 1 amide bonds. The molecule has 1 aromatic carbocycles. The van der Waals surface area contributed by atoms with E-state index in [0.29, 0.717) is 5.13 Å². The fourth-order valence-electron chi connectivity index (χ4n) is 3.27. The number of nitrogens with zero attached hydrogens (tertiary/aromatic N) is 3. The van der Waals surface area contributed by atoms with Crippen LogP contribution in [0.25, 0.3) is 10.2 Å². The molecule has 6 nitrogen and oxygen atoms in total. The van der Waals surface area contributed by atoms with Crippen molar-refractivity contribution in [2.45, 2.75) is 25.7 Å². The number of methoxy groups -OCH3 is 1. The second kappa shape index (κ2) is 7.92. The van der Waals surface area contributed by atoms with Gasteiger partial charge < -0.3 is 15.0 Å². The largest absolute Gasteiger partial charge is 0.497 e. The van der Waals surface area contributed by atoms with Crippen molar-refractivity contribution in [1.82, 2.24) is 9.97 Å². The third kappa shape index (κ3) is 4.19. The quantitative estimate of drug-likeness (QED) is 0.725. The number of hydrogen-bond acceptors (Lipinski definition) is 6. The van der Waals surface area contributed by atoms with Crippen LogP contribution in [0.2, 0.25) is 0 Å². The Kier molecular flexibility index (Phi) is 5.20. The molecule has 3 heterocycles. The van der Waals surface area contributed by atoms with E-state index < -0.39 is 0 Å². The van der Waals surface area contributed by atoms with Gasteiger partial charge >= 0.3 is 0 Å². The summed E-state index contributed by atoms with van der Waals surface area (Å²) in [5.74, 6) is 1.69. The van der Waals surface area contributed by atoms with Gasteiger partial charge in [-0.1, -0.05) is 17.4 Å². The lowest BCUT2D eigenvalue weighted by Gasteiger charge is -2.27. The summed E-state index contributed by atoms with van der Waals surface area (Å²) in [4.78, 5) is 23.7. The number of benzene rings is 1. The summed E-state index contributed by atoms with van der Waals surface area (Å²) in [7, 11) is 1.63. The van der Waals surface area contributed by atoms with Crippen LogP contribution in [-0.2, 0) is 11.2 Å². The predicted octanol–water partition coefficient (Wildman–Crippen LogP) is 3.87. The van der Waals surface area contributed by atoms with Crippen LogP contribution in [0.5, 0.6) is 5.75 Å². The fraction of sp³-hybridized carbons (Fsp3) is 0.350. The summed E-state index contributed by atoms with van der Waals surface area (Å²) in [5.41, 5.74) is 1.75. The number of amides is 1. The minimum atomic E-state index is -0.0893. The Bertz CT molecular complexity index is 933. The smallest absolute Gasteiger partial charge is 0.230 e. The minimum Gasteiger partial charge on any atom is -0.497 e. The van der Waals surface area contributed by atoms with Crippen molar-refractivity contribution in [3.05, 3.63) is 42.1 Å². The van der Waals surface area contributed by atoms with Gasteiger partial charge in [-0.2, -0.15) is 0 Å². The lowest BCUT2D eigenvalue weighted by Crippen LogP contribution is -2.30. The summed E-state index contributed by atoms with van der Waals surface area (Å²) in [6, 6.07) is 9.68. The van der Waals surface area contributed by atoms with E-state index in [1.54, 1.807) is 13.3 Å². The van der Waals surface area contributed by atoms with E-state index in [1.807, 2.05) is 30.3 Å². The summed E-state index contributed by atoms with van der Waals surface area (Å²) in [6.45, 7) is 2.13. The number of carbonyl (C=O) groups excluding carboxylic acids is 1. The number of carbonyl (C=O) groups is 1. The Labute approximate surface area is 162 Å². The maximum Gasteiger partial charge on any atom is 0.230 e. The predicted molar refractivity (Wildman–Crippen MR) is 109 cm³/mol. The van der Waals surface area contributed by atoms with Crippen LogP contribution in [0.4, 0.5) is 10.9 Å². The van der Waals surface area contributed by atoms with Crippen molar-refractivity contribution in [1.29, 1.82) is 0 Å². The van der Waals surface area contributed by atoms with Gasteiger partial charge in [-0.05, 0) is 49.1 Å². The number of fused-ring (bicyclic) bond motifs is 1. The van der Waals surface area contributed by atoms with Crippen molar-refractivity contribution in [3.8, 4) is 5.75 Å². The van der Waals surface area contributed by atoms with Gasteiger partial charge in [0, 0.05) is 19.3 Å². The van der Waals surface area contributed by atoms with E-state index >= 15 is 0 Å². The van der Waals surface area contributed by atoms with Crippen molar-refractivity contribution < 1.29 is 9.53 Å². The number of thiazole rings is 1. The molecule has 7 heteroatoms. The number of piperidine rings is 1. The van der Waals surface area contributed by atoms with Gasteiger partial charge in [-0.3, -0.25) is 4.79 Å². The molecule has 0 aliphatic carbocycles. The van der Waals surface area contributed by atoms with Gasteiger partial charge in [-0.15, -0.1) is 0 Å². The van der Waals surface area contributed by atoms with Crippen molar-refractivity contribution in [2.75, 3.05) is 30.4 Å². The Hall–Kier alpha value is -2.67. The fourth-order valence-corrected chi connectivity index (χ4v) is 4.18. The van der Waals surface area contributed by atoms with E-state index in [0.717, 1.165) is 40.4 Å². The molecule has 1 aliphatic rings. The van der Waals surface area contributed by atoms with Crippen LogP contribution in [-0.4, -0.2) is 36.1 Å². The molecule has 27 heavy (non-hydrogen) atoms. The zero-order valence-electron chi connectivity index (χ0n) is 15.3. The molecule has 1 fully saturated rings. The van der Waals surface area contributed by atoms with Crippen LogP contribution < -0.4 is 15.0 Å². The van der Waals surface area contributed by atoms with E-state index in [9.17, 15) is 4.79 Å². The first kappa shape index (κ1) is 17.7. The Morgan fingerprint density at radius 3 is 2.81 bits per heavy atom. The van der Waals surface area contributed by atoms with Crippen molar-refractivity contribution >= 4 is 38.4 Å². The van der Waals surface area contributed by atoms with Crippen molar-refractivity contribution in [2.24, 2.45) is 0 Å². The number of anilines is 2. The van der Waals surface area contributed by atoms with Crippen LogP contribution >= 0.6 is 11.3 Å². The number of rotatable bonds is 5. The molecule has 0 bridgehead atoms. The standard InChI is InChI=1S/C20H22N4O2S/c1-26-15-6-7-16-17(12-15)27-20(22-16)23-19(25)11-14-5-8-18(21-13-14)24-9-3-2-4-10-24/h5-8,12-13H,2-4,9-11H2,1H3,(H,22,23,25). The van der Waals surface area contributed by atoms with Crippen LogP contribution in [0, 0.1) is 0 Å². The highest BCUT2D eigenvalue weighted by atomic mass is 32.1. The molecule has 0 radical (unpaired) electrons. The van der Waals surface area contributed by atoms with Crippen molar-refractivity contribution in [3.63, 3.8) is 0 Å². The summed E-state index contributed by atoms with van der Waals surface area (Å²) in [6.07, 6.45) is 5.83. The molecule has 0 atom stereocenters. The van der Waals surface area contributed by atoms with Crippen LogP contribution in [0.3, 0.4) is 0 Å². The average molecular weight is 382 g/mol. The molecule has 0 spiro atoms. The lowest BCUT2D eigenvalue weighted by atomic mass is 10.1. The molecule has 1 aliphatic heterocycles. The van der Waals surface area contributed by atoms with Gasteiger partial charge in [0.05, 0.1) is 23.7 Å². The topological polar surface area (TPSA) is 67.3 Å². The number of nitrogens with one attached hydrogen (secondary N) is 1. The summed E-state index contributed by atoms with van der Waals surface area (Å²) >= 11 is 1.44. The maximum atomic E-state index is 12.4. The van der Waals surface area contributed by atoms with Gasteiger partial charge in [0.25, 0.3) is 0 Å². The second-order valence-corrected chi connectivity index (χ2v) is 7.68. The highest BCUT2D eigenvalue weighted by Crippen LogP contribution is 2.29. The maximum absolute atomic E-state index is 12.4. The Balaban J connectivity index is 1.38. The first-order valence-corrected chi connectivity index (χ1v) is 9.97. The Morgan fingerprint density at radius 1 is 1.22 bits per heavy atom. The molecule has 0 saturated carbocycles. The van der Waals surface area contributed by atoms with Crippen LogP contribution in [0.15, 0.2) is 36.5 Å². The molecule has 0 unspecified atom stereocenters. The number of pyridine rings is 1. The second-order valence-electron chi connectivity index (χ2n) is 6.65. The summed E-state index contributed by atoms with van der Waals surface area (Å²) < 4.78 is 6.21. The van der Waals surface area contributed by atoms with E-state index in [-0.39, 0.29) is 12.3 Å². The van der Waals surface area contributed by atoms with E-state index in [2.05, 4.69) is 20.2 Å². The van der Waals surface area contributed by atoms with E-state index in [1.165, 1.54) is 30.6 Å². The molecule has 1 saturated heterocycles. The first-order chi connectivity index (χ1) is 13.2. The monoisotopic (exact) mass is 382 g/mol.